The summed E-state index contributed by atoms with van der Waals surface area (Å²) in [7, 11) is 0. The van der Waals surface area contributed by atoms with Crippen LogP contribution in [0.4, 0.5) is 0 Å². The van der Waals surface area contributed by atoms with Crippen LogP contribution in [-0.4, -0.2) is 18.3 Å². The second-order valence-electron chi connectivity index (χ2n) is 3.31. The normalized spacial score (nSPS) is 13.9. The monoisotopic (exact) mass is 257 g/mol. The van der Waals surface area contributed by atoms with Gasteiger partial charge in [-0.15, -0.1) is 0 Å². The maximum atomic E-state index is 9.86. The summed E-state index contributed by atoms with van der Waals surface area (Å²) in [6, 6.07) is 1.93. The molecule has 3 nitrogen and oxygen atoms in total. The van der Waals surface area contributed by atoms with Crippen LogP contribution >= 0.6 is 15.9 Å². The van der Waals surface area contributed by atoms with Crippen molar-refractivity contribution in [3.8, 4) is 11.5 Å². The number of aromatic hydroxyl groups is 1. The van der Waals surface area contributed by atoms with Crippen molar-refractivity contribution in [1.29, 1.82) is 0 Å². The number of phenolic OH excluding ortho intramolecular Hbond substituents is 1. The van der Waals surface area contributed by atoms with Gasteiger partial charge in [0.15, 0.2) is 11.5 Å². The number of nitrogens with two attached hydrogens (primary N) is 1. The molecule has 1 aliphatic heterocycles. The molecule has 1 aromatic rings. The number of fused-ring (bicyclic) bond motifs is 1. The molecule has 0 saturated carbocycles. The first kappa shape index (κ1) is 9.80. The van der Waals surface area contributed by atoms with E-state index in [9.17, 15) is 5.11 Å². The largest absolute Gasteiger partial charge is 0.504 e. The Balaban J connectivity index is 2.50. The van der Waals surface area contributed by atoms with Crippen LogP contribution in [0.5, 0.6) is 11.5 Å². The summed E-state index contributed by atoms with van der Waals surface area (Å²) in [5.41, 5.74) is 7.36. The van der Waals surface area contributed by atoms with Crippen LogP contribution in [0.25, 0.3) is 0 Å². The van der Waals surface area contributed by atoms with Crippen molar-refractivity contribution in [2.45, 2.75) is 12.8 Å². The van der Waals surface area contributed by atoms with Crippen molar-refractivity contribution in [2.24, 2.45) is 5.73 Å². The van der Waals surface area contributed by atoms with Crippen LogP contribution in [0.1, 0.15) is 11.1 Å². The lowest BCUT2D eigenvalue weighted by atomic mass is 10.1. The minimum atomic E-state index is 0.256. The van der Waals surface area contributed by atoms with E-state index in [4.69, 9.17) is 10.5 Å². The molecule has 0 aromatic heterocycles. The van der Waals surface area contributed by atoms with Crippen molar-refractivity contribution in [1.82, 2.24) is 0 Å². The number of rotatable bonds is 2. The molecule has 0 radical (unpaired) electrons. The van der Waals surface area contributed by atoms with Gasteiger partial charge in [-0.1, -0.05) is 15.9 Å². The first-order valence-electron chi connectivity index (χ1n) is 4.60. The van der Waals surface area contributed by atoms with Gasteiger partial charge in [-0.2, -0.15) is 0 Å². The zero-order valence-electron chi connectivity index (χ0n) is 7.72. The minimum absolute atomic E-state index is 0.256. The molecule has 76 valence electrons. The average molecular weight is 258 g/mol. The number of phenols is 1. The fourth-order valence-corrected chi connectivity index (χ4v) is 2.35. The Labute approximate surface area is 91.0 Å². The highest BCUT2D eigenvalue weighted by molar-refractivity contribution is 9.10. The van der Waals surface area contributed by atoms with Crippen molar-refractivity contribution in [3.63, 3.8) is 0 Å². The van der Waals surface area contributed by atoms with Crippen molar-refractivity contribution >= 4 is 15.9 Å². The molecule has 0 unspecified atom stereocenters. The molecule has 0 bridgehead atoms. The third-order valence-corrected chi connectivity index (χ3v) is 3.10. The molecule has 2 rings (SSSR count). The highest BCUT2D eigenvalue weighted by Gasteiger charge is 2.21. The summed E-state index contributed by atoms with van der Waals surface area (Å²) in [6.07, 6.45) is 1.52. The topological polar surface area (TPSA) is 55.5 Å². The predicted molar refractivity (Wildman–Crippen MR) is 57.8 cm³/mol. The van der Waals surface area contributed by atoms with Gasteiger partial charge < -0.3 is 15.6 Å². The Morgan fingerprint density at radius 3 is 3.07 bits per heavy atom. The van der Waals surface area contributed by atoms with Gasteiger partial charge in [0.2, 0.25) is 0 Å². The first-order chi connectivity index (χ1) is 6.74. The molecule has 0 aliphatic carbocycles. The van der Waals surface area contributed by atoms with E-state index < -0.39 is 0 Å². The van der Waals surface area contributed by atoms with E-state index in [0.29, 0.717) is 25.3 Å². The molecule has 1 aliphatic rings. The zero-order chi connectivity index (χ0) is 10.1. The molecule has 3 N–H and O–H groups in total. The molecular weight excluding hydrogens is 246 g/mol. The number of hydrogen-bond donors (Lipinski definition) is 2. The maximum Gasteiger partial charge on any atom is 0.165 e. The third kappa shape index (κ3) is 1.48. The molecule has 0 saturated heterocycles. The SMILES string of the molecule is NCCc1cc(Br)c2c(c1O)OCC2. The second kappa shape index (κ2) is 3.79. The highest BCUT2D eigenvalue weighted by atomic mass is 79.9. The van der Waals surface area contributed by atoms with E-state index in [-0.39, 0.29) is 5.75 Å². The Kier molecular flexibility index (Phi) is 2.65. The Bertz CT molecular complexity index is 366. The number of halogens is 1. The average Bonchev–Trinajstić information content (AvgIpc) is 2.63. The van der Waals surface area contributed by atoms with E-state index in [1.807, 2.05) is 6.07 Å². The van der Waals surface area contributed by atoms with Gasteiger partial charge >= 0.3 is 0 Å². The molecule has 0 spiro atoms. The van der Waals surface area contributed by atoms with Crippen molar-refractivity contribution < 1.29 is 9.84 Å². The molecule has 14 heavy (non-hydrogen) atoms. The smallest absolute Gasteiger partial charge is 0.165 e. The van der Waals surface area contributed by atoms with Gasteiger partial charge in [0.1, 0.15) is 0 Å². The van der Waals surface area contributed by atoms with Crippen LogP contribution in [0.3, 0.4) is 0 Å². The van der Waals surface area contributed by atoms with Crippen LogP contribution in [0, 0.1) is 0 Å². The lowest BCUT2D eigenvalue weighted by Crippen LogP contribution is -2.03. The number of benzene rings is 1. The van der Waals surface area contributed by atoms with E-state index in [1.165, 1.54) is 0 Å². The van der Waals surface area contributed by atoms with Gasteiger partial charge in [-0.05, 0) is 19.0 Å². The summed E-state index contributed by atoms with van der Waals surface area (Å²) in [5.74, 6) is 0.883. The summed E-state index contributed by atoms with van der Waals surface area (Å²) in [4.78, 5) is 0. The predicted octanol–water partition coefficient (Wildman–Crippen LogP) is 1.59. The van der Waals surface area contributed by atoms with Crippen molar-refractivity contribution in [2.75, 3.05) is 13.2 Å². The Morgan fingerprint density at radius 1 is 1.57 bits per heavy atom. The fourth-order valence-electron chi connectivity index (χ4n) is 1.70. The lowest BCUT2D eigenvalue weighted by molar-refractivity contribution is 0.333. The van der Waals surface area contributed by atoms with E-state index in [2.05, 4.69) is 15.9 Å². The quantitative estimate of drug-likeness (QED) is 0.846. The summed E-state index contributed by atoms with van der Waals surface area (Å²) in [5, 5.41) is 9.86. The number of ether oxygens (including phenoxy) is 1. The van der Waals surface area contributed by atoms with Gasteiger partial charge in [0, 0.05) is 22.0 Å². The van der Waals surface area contributed by atoms with E-state index in [0.717, 1.165) is 22.0 Å². The van der Waals surface area contributed by atoms with E-state index in [1.54, 1.807) is 0 Å². The molecule has 4 heteroatoms. The van der Waals surface area contributed by atoms with Gasteiger partial charge in [-0.3, -0.25) is 0 Å². The fraction of sp³-hybridized carbons (Fsp3) is 0.400. The van der Waals surface area contributed by atoms with Crippen molar-refractivity contribution in [3.05, 3.63) is 21.7 Å². The van der Waals surface area contributed by atoms with Gasteiger partial charge in [0.25, 0.3) is 0 Å². The molecule has 0 amide bonds. The summed E-state index contributed by atoms with van der Waals surface area (Å²) >= 11 is 3.47. The van der Waals surface area contributed by atoms with Crippen LogP contribution in [-0.2, 0) is 12.8 Å². The van der Waals surface area contributed by atoms with Crippen LogP contribution < -0.4 is 10.5 Å². The third-order valence-electron chi connectivity index (χ3n) is 2.39. The highest BCUT2D eigenvalue weighted by Crippen LogP contribution is 2.42. The molecule has 0 fully saturated rings. The van der Waals surface area contributed by atoms with E-state index >= 15 is 0 Å². The summed E-state index contributed by atoms with van der Waals surface area (Å²) in [6.45, 7) is 1.17. The van der Waals surface area contributed by atoms with Crippen LogP contribution in [0.2, 0.25) is 0 Å². The van der Waals surface area contributed by atoms with Gasteiger partial charge in [-0.25, -0.2) is 0 Å². The Morgan fingerprint density at radius 2 is 2.36 bits per heavy atom. The summed E-state index contributed by atoms with van der Waals surface area (Å²) < 4.78 is 6.38. The van der Waals surface area contributed by atoms with Gasteiger partial charge in [0.05, 0.1) is 6.61 Å². The lowest BCUT2D eigenvalue weighted by Gasteiger charge is -2.09. The molecule has 1 heterocycles. The standard InChI is InChI=1S/C10H12BrNO2/c11-8-5-6(1-3-12)9(13)10-7(8)2-4-14-10/h5,13H,1-4,12H2. The maximum absolute atomic E-state index is 9.86. The first-order valence-corrected chi connectivity index (χ1v) is 5.39. The molecular formula is C10H12BrNO2. The number of hydrogen-bond acceptors (Lipinski definition) is 3. The second-order valence-corrected chi connectivity index (χ2v) is 4.17. The zero-order valence-corrected chi connectivity index (χ0v) is 9.30. The molecule has 0 atom stereocenters. The minimum Gasteiger partial charge on any atom is -0.504 e. The van der Waals surface area contributed by atoms with Crippen LogP contribution in [0.15, 0.2) is 10.5 Å². The molecule has 1 aromatic carbocycles. The Hall–Kier alpha value is -0.740.